The predicted molar refractivity (Wildman–Crippen MR) is 64.3 cm³/mol. The first kappa shape index (κ1) is 14.9. The van der Waals surface area contributed by atoms with Crippen LogP contribution in [0, 0.1) is 0 Å². The molecule has 0 fully saturated rings. The first-order chi connectivity index (χ1) is 7.20. The van der Waals surface area contributed by atoms with E-state index in [1.54, 1.807) is 7.11 Å². The Kier molecular flexibility index (Phi) is 10.3. The first-order valence-corrected chi connectivity index (χ1v) is 6.04. The van der Waals surface area contributed by atoms with Crippen molar-refractivity contribution in [3.05, 3.63) is 0 Å². The summed E-state index contributed by atoms with van der Waals surface area (Å²) < 4.78 is 10.9. The van der Waals surface area contributed by atoms with Gasteiger partial charge in [-0.1, -0.05) is 33.6 Å². The molecule has 0 saturated carbocycles. The van der Waals surface area contributed by atoms with Crippen molar-refractivity contribution < 1.29 is 9.47 Å². The molecule has 0 saturated heterocycles. The Morgan fingerprint density at radius 2 is 1.93 bits per heavy atom. The van der Waals surface area contributed by atoms with E-state index in [0.717, 1.165) is 19.6 Å². The Hall–Kier alpha value is -0.120. The normalized spacial score (nSPS) is 13.4. The highest BCUT2D eigenvalue weighted by molar-refractivity contribution is 4.63. The molecular formula is C12H27NO2. The van der Waals surface area contributed by atoms with Gasteiger partial charge >= 0.3 is 0 Å². The largest absolute Gasteiger partial charge is 0.382 e. The molecule has 1 unspecified atom stereocenters. The van der Waals surface area contributed by atoms with Crippen LogP contribution >= 0.6 is 0 Å². The van der Waals surface area contributed by atoms with Gasteiger partial charge in [-0.15, -0.1) is 0 Å². The molecule has 1 N–H and O–H groups in total. The van der Waals surface area contributed by atoms with Crippen LogP contribution in [0.15, 0.2) is 0 Å². The Morgan fingerprint density at radius 1 is 1.20 bits per heavy atom. The van der Waals surface area contributed by atoms with Gasteiger partial charge in [-0.3, -0.25) is 0 Å². The summed E-state index contributed by atoms with van der Waals surface area (Å²) in [5, 5.41) is 3.37. The molecule has 0 rings (SSSR count). The molecular weight excluding hydrogens is 190 g/mol. The molecule has 0 amide bonds. The smallest absolute Gasteiger partial charge is 0.0932 e. The van der Waals surface area contributed by atoms with E-state index in [1.165, 1.54) is 12.8 Å². The molecule has 0 bridgehead atoms. The summed E-state index contributed by atoms with van der Waals surface area (Å²) in [6.07, 6.45) is 3.83. The van der Waals surface area contributed by atoms with Crippen molar-refractivity contribution >= 4 is 0 Å². The van der Waals surface area contributed by atoms with Crippen LogP contribution in [-0.4, -0.2) is 39.0 Å². The minimum Gasteiger partial charge on any atom is -0.382 e. The zero-order valence-corrected chi connectivity index (χ0v) is 10.7. The molecule has 0 aliphatic carbocycles. The van der Waals surface area contributed by atoms with Gasteiger partial charge < -0.3 is 14.8 Å². The van der Waals surface area contributed by atoms with Gasteiger partial charge in [-0.2, -0.15) is 0 Å². The zero-order valence-electron chi connectivity index (χ0n) is 10.7. The average molecular weight is 217 g/mol. The highest BCUT2D eigenvalue weighted by Crippen LogP contribution is 1.99. The molecule has 0 aliphatic heterocycles. The minimum atomic E-state index is 0.189. The Morgan fingerprint density at radius 3 is 2.47 bits per heavy atom. The summed E-state index contributed by atoms with van der Waals surface area (Å²) in [4.78, 5) is 0. The van der Waals surface area contributed by atoms with Gasteiger partial charge in [-0.05, 0) is 6.42 Å². The third kappa shape index (κ3) is 10.2. The summed E-state index contributed by atoms with van der Waals surface area (Å²) in [6, 6.07) is 0.503. The van der Waals surface area contributed by atoms with Crippen molar-refractivity contribution in [1.29, 1.82) is 0 Å². The number of unbranched alkanes of at least 4 members (excludes halogenated alkanes) is 2. The van der Waals surface area contributed by atoms with Crippen LogP contribution in [0.3, 0.4) is 0 Å². The van der Waals surface area contributed by atoms with Crippen molar-refractivity contribution in [2.24, 2.45) is 0 Å². The fraction of sp³-hybridized carbons (Fsp3) is 1.00. The van der Waals surface area contributed by atoms with Crippen molar-refractivity contribution in [2.45, 2.75) is 52.2 Å². The summed E-state index contributed by atoms with van der Waals surface area (Å²) in [6.45, 7) is 8.87. The molecule has 0 heterocycles. The summed E-state index contributed by atoms with van der Waals surface area (Å²) >= 11 is 0. The van der Waals surface area contributed by atoms with E-state index in [1.807, 2.05) is 0 Å². The highest BCUT2D eigenvalue weighted by Gasteiger charge is 2.08. The fourth-order valence-electron chi connectivity index (χ4n) is 1.32. The lowest BCUT2D eigenvalue weighted by Crippen LogP contribution is -2.36. The maximum absolute atomic E-state index is 5.75. The average Bonchev–Trinajstić information content (AvgIpc) is 2.20. The fourth-order valence-corrected chi connectivity index (χ4v) is 1.32. The zero-order chi connectivity index (χ0) is 11.5. The van der Waals surface area contributed by atoms with Crippen LogP contribution in [-0.2, 0) is 9.47 Å². The molecule has 0 aromatic carbocycles. The van der Waals surface area contributed by atoms with Crippen LogP contribution in [0.1, 0.15) is 40.0 Å². The van der Waals surface area contributed by atoms with E-state index in [9.17, 15) is 0 Å². The summed E-state index contributed by atoms with van der Waals surface area (Å²) in [5.41, 5.74) is 0. The van der Waals surface area contributed by atoms with Crippen molar-refractivity contribution in [3.63, 3.8) is 0 Å². The monoisotopic (exact) mass is 217 g/mol. The number of nitrogens with one attached hydrogen (secondary N) is 1. The maximum atomic E-state index is 5.75. The molecule has 0 radical (unpaired) electrons. The standard InChI is InChI=1S/C12H27NO2/c1-5-6-7-8-15-12(10-14-4)9-13-11(2)3/h11-13H,5-10H2,1-4H3. The van der Waals surface area contributed by atoms with Gasteiger partial charge in [0.05, 0.1) is 12.7 Å². The van der Waals surface area contributed by atoms with Gasteiger partial charge in [0.25, 0.3) is 0 Å². The van der Waals surface area contributed by atoms with E-state index in [-0.39, 0.29) is 6.10 Å². The topological polar surface area (TPSA) is 30.5 Å². The Balaban J connectivity index is 3.53. The van der Waals surface area contributed by atoms with E-state index >= 15 is 0 Å². The minimum absolute atomic E-state index is 0.189. The van der Waals surface area contributed by atoms with Crippen molar-refractivity contribution in [2.75, 3.05) is 26.9 Å². The number of ether oxygens (including phenoxy) is 2. The van der Waals surface area contributed by atoms with E-state index in [4.69, 9.17) is 9.47 Å². The first-order valence-electron chi connectivity index (χ1n) is 6.04. The predicted octanol–water partition coefficient (Wildman–Crippen LogP) is 2.21. The quantitative estimate of drug-likeness (QED) is 0.569. The second-order valence-electron chi connectivity index (χ2n) is 4.22. The van der Waals surface area contributed by atoms with E-state index < -0.39 is 0 Å². The Labute approximate surface area is 94.5 Å². The van der Waals surface area contributed by atoms with Crippen LogP contribution in [0.4, 0.5) is 0 Å². The van der Waals surface area contributed by atoms with Gasteiger partial charge in [-0.25, -0.2) is 0 Å². The Bertz CT molecular complexity index is 129. The molecule has 1 atom stereocenters. The van der Waals surface area contributed by atoms with Gasteiger partial charge in [0.1, 0.15) is 0 Å². The van der Waals surface area contributed by atoms with Crippen LogP contribution in [0.2, 0.25) is 0 Å². The lowest BCUT2D eigenvalue weighted by atomic mass is 10.2. The number of hydrogen-bond acceptors (Lipinski definition) is 3. The van der Waals surface area contributed by atoms with E-state index in [0.29, 0.717) is 12.6 Å². The third-order valence-electron chi connectivity index (χ3n) is 2.21. The molecule has 3 heteroatoms. The summed E-state index contributed by atoms with van der Waals surface area (Å²) in [5.74, 6) is 0. The van der Waals surface area contributed by atoms with Crippen LogP contribution in [0.5, 0.6) is 0 Å². The number of rotatable bonds is 10. The molecule has 0 spiro atoms. The molecule has 0 aromatic rings. The van der Waals surface area contributed by atoms with Crippen LogP contribution in [0.25, 0.3) is 0 Å². The number of hydrogen-bond donors (Lipinski definition) is 1. The molecule has 3 nitrogen and oxygen atoms in total. The molecule has 0 aromatic heterocycles. The third-order valence-corrected chi connectivity index (χ3v) is 2.21. The molecule has 15 heavy (non-hydrogen) atoms. The van der Waals surface area contributed by atoms with Crippen molar-refractivity contribution in [3.8, 4) is 0 Å². The summed E-state index contributed by atoms with van der Waals surface area (Å²) in [7, 11) is 1.72. The second kappa shape index (κ2) is 10.4. The highest BCUT2D eigenvalue weighted by atomic mass is 16.5. The van der Waals surface area contributed by atoms with Gasteiger partial charge in [0.15, 0.2) is 0 Å². The maximum Gasteiger partial charge on any atom is 0.0932 e. The number of methoxy groups -OCH3 is 1. The van der Waals surface area contributed by atoms with Crippen molar-refractivity contribution in [1.82, 2.24) is 5.32 Å². The lowest BCUT2D eigenvalue weighted by molar-refractivity contribution is -0.00319. The lowest BCUT2D eigenvalue weighted by Gasteiger charge is -2.19. The van der Waals surface area contributed by atoms with Crippen LogP contribution < -0.4 is 5.32 Å². The second-order valence-corrected chi connectivity index (χ2v) is 4.22. The SMILES string of the molecule is CCCCCOC(CNC(C)C)COC. The van der Waals surface area contributed by atoms with E-state index in [2.05, 4.69) is 26.1 Å². The molecule has 0 aliphatic rings. The van der Waals surface area contributed by atoms with Gasteiger partial charge in [0, 0.05) is 26.3 Å². The van der Waals surface area contributed by atoms with Gasteiger partial charge in [0.2, 0.25) is 0 Å². The molecule has 92 valence electrons.